The van der Waals surface area contributed by atoms with Gasteiger partial charge in [0.1, 0.15) is 12.4 Å². The first-order chi connectivity index (χ1) is 12.7. The number of benzene rings is 1. The van der Waals surface area contributed by atoms with Crippen LogP contribution in [-0.2, 0) is 9.59 Å². The third-order valence-electron chi connectivity index (χ3n) is 6.14. The smallest absolute Gasteiger partial charge is 0.254 e. The molecule has 6 atom stereocenters. The van der Waals surface area contributed by atoms with E-state index in [-0.39, 0.29) is 42.1 Å². The standard InChI is InChI=1S/C21H18N2O3/c1-2-8-26-13-5-3-4-12(9-13)11-22-23-20(24)18-14-6-7-15(17-10-16(14)17)19(18)21(23)25/h1,3-7,9,11,14-19H,8,10H2/b22-11-/t14-,15-,16-,17+,18-,19+/m0/s1. The first-order valence-electron chi connectivity index (χ1n) is 8.95. The van der Waals surface area contributed by atoms with E-state index in [2.05, 4.69) is 23.2 Å². The molecule has 5 heteroatoms. The molecule has 5 nitrogen and oxygen atoms in total. The molecule has 5 aliphatic rings. The van der Waals surface area contributed by atoms with Crippen LogP contribution in [0.3, 0.4) is 0 Å². The normalized spacial score (nSPS) is 36.2. The molecule has 1 saturated heterocycles. The largest absolute Gasteiger partial charge is 0.481 e. The fourth-order valence-corrected chi connectivity index (χ4v) is 4.99. The maximum absolute atomic E-state index is 12.8. The first kappa shape index (κ1) is 15.4. The van der Waals surface area contributed by atoms with Crippen LogP contribution in [-0.4, -0.2) is 29.6 Å². The van der Waals surface area contributed by atoms with Crippen LogP contribution < -0.4 is 4.74 Å². The lowest BCUT2D eigenvalue weighted by molar-refractivity contribution is -0.140. The van der Waals surface area contributed by atoms with Gasteiger partial charge in [-0.2, -0.15) is 10.1 Å². The lowest BCUT2D eigenvalue weighted by atomic mass is 9.63. The van der Waals surface area contributed by atoms with Crippen molar-refractivity contribution < 1.29 is 14.3 Å². The summed E-state index contributed by atoms with van der Waals surface area (Å²) in [5.41, 5.74) is 0.749. The zero-order chi connectivity index (χ0) is 17.8. The highest BCUT2D eigenvalue weighted by Gasteiger charge is 2.67. The van der Waals surface area contributed by atoms with Crippen LogP contribution in [0.15, 0.2) is 41.5 Å². The summed E-state index contributed by atoms with van der Waals surface area (Å²) in [7, 11) is 0. The van der Waals surface area contributed by atoms with E-state index in [0.29, 0.717) is 17.6 Å². The number of nitrogens with zero attached hydrogens (tertiary/aromatic N) is 2. The number of rotatable bonds is 4. The summed E-state index contributed by atoms with van der Waals surface area (Å²) < 4.78 is 5.39. The van der Waals surface area contributed by atoms with Gasteiger partial charge in [-0.15, -0.1) is 6.42 Å². The third-order valence-corrected chi connectivity index (χ3v) is 6.14. The van der Waals surface area contributed by atoms with Gasteiger partial charge in [0.05, 0.1) is 18.1 Å². The molecule has 0 N–H and O–H groups in total. The van der Waals surface area contributed by atoms with E-state index in [9.17, 15) is 9.59 Å². The molecule has 1 aromatic carbocycles. The monoisotopic (exact) mass is 346 g/mol. The minimum absolute atomic E-state index is 0.152. The van der Waals surface area contributed by atoms with Crippen molar-refractivity contribution in [1.82, 2.24) is 5.01 Å². The second kappa shape index (κ2) is 5.57. The second-order valence-corrected chi connectivity index (χ2v) is 7.45. The first-order valence-corrected chi connectivity index (χ1v) is 8.95. The van der Waals surface area contributed by atoms with Gasteiger partial charge in [0.25, 0.3) is 11.8 Å². The van der Waals surface area contributed by atoms with Crippen LogP contribution in [0, 0.1) is 47.9 Å². The van der Waals surface area contributed by atoms with Gasteiger partial charge in [-0.3, -0.25) is 9.59 Å². The molecule has 1 aromatic rings. The molecule has 1 aliphatic heterocycles. The lowest BCUT2D eigenvalue weighted by Gasteiger charge is -2.37. The molecule has 26 heavy (non-hydrogen) atoms. The minimum Gasteiger partial charge on any atom is -0.481 e. The van der Waals surface area contributed by atoms with Crippen molar-refractivity contribution in [2.45, 2.75) is 6.42 Å². The number of terminal acetylenes is 1. The minimum atomic E-state index is -0.219. The molecule has 0 unspecified atom stereocenters. The molecular formula is C21H18N2O3. The van der Waals surface area contributed by atoms with E-state index in [4.69, 9.17) is 11.2 Å². The number of ether oxygens (including phenoxy) is 1. The van der Waals surface area contributed by atoms with Gasteiger partial charge in [-0.05, 0) is 47.8 Å². The van der Waals surface area contributed by atoms with E-state index in [1.165, 1.54) is 6.21 Å². The van der Waals surface area contributed by atoms with Crippen LogP contribution in [0.1, 0.15) is 12.0 Å². The molecule has 130 valence electrons. The lowest BCUT2D eigenvalue weighted by Crippen LogP contribution is -2.40. The fourth-order valence-electron chi connectivity index (χ4n) is 4.99. The highest BCUT2D eigenvalue weighted by molar-refractivity contribution is 6.06. The predicted octanol–water partition coefficient (Wildman–Crippen LogP) is 2.09. The van der Waals surface area contributed by atoms with Crippen LogP contribution in [0.2, 0.25) is 0 Å². The van der Waals surface area contributed by atoms with Crippen LogP contribution in [0.5, 0.6) is 5.75 Å². The Morgan fingerprint density at radius 2 is 1.88 bits per heavy atom. The number of amides is 2. The SMILES string of the molecule is C#CCOc1cccc(/C=N\N2C(=O)[C@@H]3[C@H]4C=C[C@@H]([C@@H]5C[C@H]45)[C@@H]3C2=O)c1. The fraction of sp³-hybridized carbons (Fsp3) is 0.381. The maximum Gasteiger partial charge on any atom is 0.254 e. The number of allylic oxidation sites excluding steroid dienone is 2. The van der Waals surface area contributed by atoms with Crippen molar-refractivity contribution in [3.63, 3.8) is 0 Å². The second-order valence-electron chi connectivity index (χ2n) is 7.45. The van der Waals surface area contributed by atoms with Gasteiger partial charge in [0, 0.05) is 0 Å². The number of carbonyl (C=O) groups excluding carboxylic acids is 2. The molecule has 3 fully saturated rings. The highest BCUT2D eigenvalue weighted by Crippen LogP contribution is 2.65. The van der Waals surface area contributed by atoms with E-state index in [1.54, 1.807) is 12.1 Å². The van der Waals surface area contributed by atoms with Gasteiger partial charge in [0.15, 0.2) is 0 Å². The summed E-state index contributed by atoms with van der Waals surface area (Å²) in [5.74, 6) is 3.92. The van der Waals surface area contributed by atoms with Gasteiger partial charge >= 0.3 is 0 Å². The number of hydrogen-bond donors (Lipinski definition) is 0. The van der Waals surface area contributed by atoms with Crippen LogP contribution >= 0.6 is 0 Å². The Kier molecular flexibility index (Phi) is 3.30. The summed E-state index contributed by atoms with van der Waals surface area (Å²) in [4.78, 5) is 25.7. The average Bonchev–Trinajstić information content (AvgIpc) is 3.44. The highest BCUT2D eigenvalue weighted by atomic mass is 16.5. The molecule has 0 aromatic heterocycles. The molecular weight excluding hydrogens is 328 g/mol. The van der Waals surface area contributed by atoms with Crippen LogP contribution in [0.25, 0.3) is 0 Å². The van der Waals surface area contributed by atoms with Gasteiger partial charge in [-0.1, -0.05) is 30.2 Å². The molecule has 6 rings (SSSR count). The molecule has 2 saturated carbocycles. The summed E-state index contributed by atoms with van der Waals surface area (Å²) in [6.45, 7) is 0.186. The molecule has 2 amide bonds. The zero-order valence-electron chi connectivity index (χ0n) is 14.1. The summed E-state index contributed by atoms with van der Waals surface area (Å²) in [5, 5.41) is 5.31. The Hall–Kier alpha value is -2.87. The van der Waals surface area contributed by atoms with Crippen LogP contribution in [0.4, 0.5) is 0 Å². The quantitative estimate of drug-likeness (QED) is 0.363. The van der Waals surface area contributed by atoms with Crippen molar-refractivity contribution in [3.05, 3.63) is 42.0 Å². The van der Waals surface area contributed by atoms with E-state index in [1.807, 2.05) is 12.1 Å². The van der Waals surface area contributed by atoms with Crippen molar-refractivity contribution in [3.8, 4) is 18.1 Å². The van der Waals surface area contributed by atoms with Crippen molar-refractivity contribution in [1.29, 1.82) is 0 Å². The molecule has 4 aliphatic carbocycles. The van der Waals surface area contributed by atoms with E-state index >= 15 is 0 Å². The Morgan fingerprint density at radius 3 is 2.54 bits per heavy atom. The number of carbonyl (C=O) groups is 2. The summed E-state index contributed by atoms with van der Waals surface area (Å²) >= 11 is 0. The molecule has 0 spiro atoms. The van der Waals surface area contributed by atoms with Crippen molar-refractivity contribution >= 4 is 18.0 Å². The zero-order valence-corrected chi connectivity index (χ0v) is 14.1. The summed E-state index contributed by atoms with van der Waals surface area (Å²) in [6, 6.07) is 7.23. The van der Waals surface area contributed by atoms with E-state index in [0.717, 1.165) is 17.0 Å². The number of imide groups is 1. The average molecular weight is 346 g/mol. The maximum atomic E-state index is 12.8. The molecule has 0 radical (unpaired) electrons. The third kappa shape index (κ3) is 2.15. The summed E-state index contributed by atoms with van der Waals surface area (Å²) in [6.07, 6.45) is 12.2. The Labute approximate surface area is 151 Å². The Balaban J connectivity index is 1.37. The van der Waals surface area contributed by atoms with Crippen molar-refractivity contribution in [2.75, 3.05) is 6.61 Å². The van der Waals surface area contributed by atoms with Gasteiger partial charge in [-0.25, -0.2) is 0 Å². The van der Waals surface area contributed by atoms with Gasteiger partial charge in [0.2, 0.25) is 0 Å². The Bertz CT molecular complexity index is 861. The molecule has 1 heterocycles. The van der Waals surface area contributed by atoms with Gasteiger partial charge < -0.3 is 4.74 Å². The number of hydrazone groups is 1. The Morgan fingerprint density at radius 1 is 1.19 bits per heavy atom. The van der Waals surface area contributed by atoms with E-state index < -0.39 is 0 Å². The predicted molar refractivity (Wildman–Crippen MR) is 94.9 cm³/mol. The topological polar surface area (TPSA) is 59.0 Å². The van der Waals surface area contributed by atoms with Crippen molar-refractivity contribution in [2.24, 2.45) is 40.6 Å². The number of hydrogen-bond acceptors (Lipinski definition) is 4. The molecule has 2 bridgehead atoms.